The lowest BCUT2D eigenvalue weighted by molar-refractivity contribution is -0.113. The Bertz CT molecular complexity index is 1070. The number of thioether (sulfide) groups is 1. The summed E-state index contributed by atoms with van der Waals surface area (Å²) in [4.78, 5) is 12.2. The summed E-state index contributed by atoms with van der Waals surface area (Å²) in [6.45, 7) is 6.00. The van der Waals surface area contributed by atoms with E-state index in [0.29, 0.717) is 21.5 Å². The molecule has 1 unspecified atom stereocenters. The van der Waals surface area contributed by atoms with Crippen molar-refractivity contribution in [3.8, 4) is 11.8 Å². The van der Waals surface area contributed by atoms with E-state index in [1.165, 1.54) is 28.7 Å². The largest absolute Gasteiger partial charge is 0.482 e. The van der Waals surface area contributed by atoms with Crippen LogP contribution in [-0.4, -0.2) is 26.4 Å². The van der Waals surface area contributed by atoms with Gasteiger partial charge in [0.05, 0.1) is 11.3 Å². The van der Waals surface area contributed by atoms with Gasteiger partial charge in [0, 0.05) is 7.05 Å². The minimum atomic E-state index is -0.291. The molecule has 0 fully saturated rings. The number of ether oxygens (including phenoxy) is 1. The van der Waals surface area contributed by atoms with Gasteiger partial charge in [-0.1, -0.05) is 23.9 Å². The molecule has 3 aromatic rings. The van der Waals surface area contributed by atoms with Crippen molar-refractivity contribution in [2.24, 2.45) is 7.05 Å². The number of anilines is 1. The molecule has 9 heteroatoms. The second-order valence-corrected chi connectivity index (χ2v) is 8.33. The Morgan fingerprint density at radius 3 is 2.93 bits per heavy atom. The summed E-state index contributed by atoms with van der Waals surface area (Å²) in [6.07, 6.45) is -0.291. The normalized spacial score (nSPS) is 11.7. The summed E-state index contributed by atoms with van der Waals surface area (Å²) < 4.78 is 7.92. The number of hydrogen-bond donors (Lipinski definition) is 1. The first-order chi connectivity index (χ1) is 13.9. The van der Waals surface area contributed by atoms with Crippen LogP contribution in [0.4, 0.5) is 5.00 Å². The molecule has 7 nitrogen and oxygen atoms in total. The lowest BCUT2D eigenvalue weighted by atomic mass is 10.1. The highest BCUT2D eigenvalue weighted by Gasteiger charge is 2.19. The molecule has 1 N–H and O–H groups in total. The molecule has 3 rings (SSSR count). The molecular formula is C20H21N5O2S2. The SMILES string of the molecule is Cc1cccc(OC(C)c2nnc(SCC(=O)Nc3sccc3C#N)n2C)c1C. The number of hydrogen-bond acceptors (Lipinski definition) is 7. The molecule has 0 aliphatic heterocycles. The van der Waals surface area contributed by atoms with Crippen LogP contribution in [0.2, 0.25) is 0 Å². The molecule has 150 valence electrons. The Balaban J connectivity index is 1.62. The first kappa shape index (κ1) is 20.9. The van der Waals surface area contributed by atoms with E-state index in [-0.39, 0.29) is 17.8 Å². The highest BCUT2D eigenvalue weighted by Crippen LogP contribution is 2.28. The molecule has 2 aromatic heterocycles. The fourth-order valence-corrected chi connectivity index (χ4v) is 4.16. The van der Waals surface area contributed by atoms with Gasteiger partial charge in [-0.25, -0.2) is 0 Å². The number of carbonyl (C=O) groups is 1. The predicted octanol–water partition coefficient (Wildman–Crippen LogP) is 4.24. The van der Waals surface area contributed by atoms with Crippen LogP contribution >= 0.6 is 23.1 Å². The van der Waals surface area contributed by atoms with Crippen LogP contribution in [0.25, 0.3) is 0 Å². The molecule has 1 aromatic carbocycles. The Kier molecular flexibility index (Phi) is 6.56. The number of aryl methyl sites for hydroxylation is 1. The van der Waals surface area contributed by atoms with Gasteiger partial charge in [0.2, 0.25) is 5.91 Å². The van der Waals surface area contributed by atoms with Crippen LogP contribution in [0.1, 0.15) is 35.5 Å². The zero-order chi connectivity index (χ0) is 21.0. The van der Waals surface area contributed by atoms with Crippen LogP contribution in [0.15, 0.2) is 34.8 Å². The number of carbonyl (C=O) groups excluding carboxylic acids is 1. The van der Waals surface area contributed by atoms with Gasteiger partial charge < -0.3 is 14.6 Å². The number of nitriles is 1. The van der Waals surface area contributed by atoms with E-state index < -0.39 is 0 Å². The molecule has 0 aliphatic carbocycles. The maximum Gasteiger partial charge on any atom is 0.235 e. The monoisotopic (exact) mass is 427 g/mol. The summed E-state index contributed by atoms with van der Waals surface area (Å²) in [6, 6.07) is 9.69. The van der Waals surface area contributed by atoms with Crippen LogP contribution in [0, 0.1) is 25.2 Å². The Labute approximate surface area is 177 Å². The lowest BCUT2D eigenvalue weighted by Gasteiger charge is -2.16. The quantitative estimate of drug-likeness (QED) is 0.567. The minimum Gasteiger partial charge on any atom is -0.482 e. The number of benzene rings is 1. The summed E-state index contributed by atoms with van der Waals surface area (Å²) in [7, 11) is 1.85. The van der Waals surface area contributed by atoms with E-state index in [1.54, 1.807) is 11.4 Å². The number of rotatable bonds is 7. The number of nitrogens with one attached hydrogen (secondary N) is 1. The van der Waals surface area contributed by atoms with Crippen molar-refractivity contribution in [1.29, 1.82) is 5.26 Å². The highest BCUT2D eigenvalue weighted by atomic mass is 32.2. The fourth-order valence-electron chi connectivity index (χ4n) is 2.69. The van der Waals surface area contributed by atoms with Gasteiger partial charge in [0.1, 0.15) is 16.8 Å². The highest BCUT2D eigenvalue weighted by molar-refractivity contribution is 7.99. The van der Waals surface area contributed by atoms with Crippen molar-refractivity contribution in [3.63, 3.8) is 0 Å². The first-order valence-corrected chi connectivity index (χ1v) is 10.8. The smallest absolute Gasteiger partial charge is 0.235 e. The van der Waals surface area contributed by atoms with Gasteiger partial charge in [-0.3, -0.25) is 4.79 Å². The average Bonchev–Trinajstić information content (AvgIpc) is 3.29. The Hall–Kier alpha value is -2.83. The van der Waals surface area contributed by atoms with Crippen molar-refractivity contribution in [3.05, 3.63) is 52.2 Å². The Morgan fingerprint density at radius 1 is 1.38 bits per heavy atom. The summed E-state index contributed by atoms with van der Waals surface area (Å²) in [5.74, 6) is 1.47. The molecule has 1 atom stereocenters. The number of thiophene rings is 1. The molecule has 1 amide bonds. The number of nitrogens with zero attached hydrogens (tertiary/aromatic N) is 4. The van der Waals surface area contributed by atoms with Crippen molar-refractivity contribution in [2.45, 2.75) is 32.0 Å². The predicted molar refractivity (Wildman–Crippen MR) is 114 cm³/mol. The van der Waals surface area contributed by atoms with Crippen LogP contribution < -0.4 is 10.1 Å². The maximum atomic E-state index is 12.2. The molecule has 0 saturated heterocycles. The first-order valence-electron chi connectivity index (χ1n) is 8.93. The van der Waals surface area contributed by atoms with Crippen molar-refractivity contribution >= 4 is 34.0 Å². The topological polar surface area (TPSA) is 92.8 Å². The second-order valence-electron chi connectivity index (χ2n) is 6.47. The van der Waals surface area contributed by atoms with Gasteiger partial charge in [-0.2, -0.15) is 5.26 Å². The zero-order valence-corrected chi connectivity index (χ0v) is 18.2. The van der Waals surface area contributed by atoms with E-state index in [4.69, 9.17) is 10.00 Å². The number of amides is 1. The van der Waals surface area contributed by atoms with Gasteiger partial charge in [-0.15, -0.1) is 21.5 Å². The summed E-state index contributed by atoms with van der Waals surface area (Å²) >= 11 is 2.61. The molecule has 29 heavy (non-hydrogen) atoms. The number of aromatic nitrogens is 3. The van der Waals surface area contributed by atoms with E-state index >= 15 is 0 Å². The zero-order valence-electron chi connectivity index (χ0n) is 16.6. The van der Waals surface area contributed by atoms with Gasteiger partial charge in [-0.05, 0) is 49.4 Å². The molecule has 0 bridgehead atoms. The van der Waals surface area contributed by atoms with E-state index in [0.717, 1.165) is 11.3 Å². The Morgan fingerprint density at radius 2 is 2.17 bits per heavy atom. The van der Waals surface area contributed by atoms with Crippen molar-refractivity contribution in [1.82, 2.24) is 14.8 Å². The van der Waals surface area contributed by atoms with Crippen LogP contribution in [-0.2, 0) is 11.8 Å². The third-order valence-electron chi connectivity index (χ3n) is 4.46. The summed E-state index contributed by atoms with van der Waals surface area (Å²) in [5, 5.41) is 23.2. The third-order valence-corrected chi connectivity index (χ3v) is 6.31. The van der Waals surface area contributed by atoms with Crippen LogP contribution in [0.5, 0.6) is 5.75 Å². The maximum absolute atomic E-state index is 12.2. The van der Waals surface area contributed by atoms with Gasteiger partial charge >= 0.3 is 0 Å². The molecule has 0 spiro atoms. The van der Waals surface area contributed by atoms with Gasteiger partial charge in [0.25, 0.3) is 0 Å². The average molecular weight is 428 g/mol. The van der Waals surface area contributed by atoms with Gasteiger partial charge in [0.15, 0.2) is 17.1 Å². The van der Waals surface area contributed by atoms with Crippen LogP contribution in [0.3, 0.4) is 0 Å². The summed E-state index contributed by atoms with van der Waals surface area (Å²) in [5.41, 5.74) is 2.73. The lowest BCUT2D eigenvalue weighted by Crippen LogP contribution is -2.14. The third kappa shape index (κ3) is 4.78. The van der Waals surface area contributed by atoms with E-state index in [9.17, 15) is 4.79 Å². The standard InChI is InChI=1S/C20H21N5O2S2/c1-12-6-5-7-16(13(12)2)27-14(3)18-23-24-20(25(18)4)29-11-17(26)22-19-15(10-21)8-9-28-19/h5-9,14H,11H2,1-4H3,(H,22,26). The molecule has 2 heterocycles. The molecule has 0 saturated carbocycles. The fraction of sp³-hybridized carbons (Fsp3) is 0.300. The van der Waals surface area contributed by atoms with E-state index in [1.807, 2.05) is 50.6 Å². The second kappa shape index (κ2) is 9.11. The molecule has 0 radical (unpaired) electrons. The van der Waals surface area contributed by atoms with E-state index in [2.05, 4.69) is 21.6 Å². The minimum absolute atomic E-state index is 0.168. The molecular weight excluding hydrogens is 406 g/mol. The van der Waals surface area contributed by atoms with Crippen molar-refractivity contribution in [2.75, 3.05) is 11.1 Å². The molecule has 0 aliphatic rings. The van der Waals surface area contributed by atoms with Crippen molar-refractivity contribution < 1.29 is 9.53 Å².